The number of methoxy groups -OCH3 is 1. The molecule has 1 aliphatic heterocycles. The third kappa shape index (κ3) is 4.74. The van der Waals surface area contributed by atoms with Gasteiger partial charge < -0.3 is 24.6 Å². The standard InChI is InChI=1S/C26H29NO6S/c1-4-32-21-14-16(7-8-19(21)28)24-23(26(30)33-10-9-31-3)15(2)27-18-12-17(13-20(29)25(18)24)22-6-5-11-34-22/h5-8,11,14,17,24,27-28H,4,9-10,12-13H2,1-3H3/t17-,24+/m1/s1. The number of benzene rings is 1. The molecule has 0 saturated carbocycles. The number of aromatic hydroxyl groups is 1. The summed E-state index contributed by atoms with van der Waals surface area (Å²) in [6.07, 6.45) is 1.05. The van der Waals surface area contributed by atoms with Crippen molar-refractivity contribution < 1.29 is 28.9 Å². The van der Waals surface area contributed by atoms with Gasteiger partial charge in [0.1, 0.15) is 6.61 Å². The zero-order chi connectivity index (χ0) is 24.2. The van der Waals surface area contributed by atoms with Crippen molar-refractivity contribution in [2.45, 2.75) is 38.5 Å². The van der Waals surface area contributed by atoms with E-state index in [4.69, 9.17) is 14.2 Å². The van der Waals surface area contributed by atoms with Gasteiger partial charge in [-0.1, -0.05) is 12.1 Å². The van der Waals surface area contributed by atoms with Crippen LogP contribution in [0.4, 0.5) is 0 Å². The fourth-order valence-electron chi connectivity index (χ4n) is 4.64. The van der Waals surface area contributed by atoms with E-state index < -0.39 is 11.9 Å². The fraction of sp³-hybridized carbons (Fsp3) is 0.385. The first-order valence-corrected chi connectivity index (χ1v) is 12.2. The normalized spacial score (nSPS) is 20.1. The summed E-state index contributed by atoms with van der Waals surface area (Å²) >= 11 is 1.65. The number of rotatable bonds is 8. The predicted molar refractivity (Wildman–Crippen MR) is 129 cm³/mol. The lowest BCUT2D eigenvalue weighted by Gasteiger charge is -2.36. The number of carbonyl (C=O) groups excluding carboxylic acids is 2. The van der Waals surface area contributed by atoms with E-state index in [0.717, 1.165) is 5.70 Å². The molecule has 0 spiro atoms. The Morgan fingerprint density at radius 1 is 1.24 bits per heavy atom. The molecular weight excluding hydrogens is 454 g/mol. The molecule has 2 atom stereocenters. The number of carbonyl (C=O) groups is 2. The van der Waals surface area contributed by atoms with Gasteiger partial charge in [-0.3, -0.25) is 4.79 Å². The molecule has 0 bridgehead atoms. The number of allylic oxidation sites excluding steroid dienone is 3. The summed E-state index contributed by atoms with van der Waals surface area (Å²) in [6.45, 7) is 4.42. The maximum Gasteiger partial charge on any atom is 0.336 e. The first-order chi connectivity index (χ1) is 16.4. The number of esters is 1. The fourth-order valence-corrected chi connectivity index (χ4v) is 5.48. The molecule has 1 aromatic heterocycles. The van der Waals surface area contributed by atoms with Crippen LogP contribution < -0.4 is 10.1 Å². The van der Waals surface area contributed by atoms with Crippen molar-refractivity contribution in [1.82, 2.24) is 5.32 Å². The van der Waals surface area contributed by atoms with Crippen LogP contribution >= 0.6 is 11.3 Å². The monoisotopic (exact) mass is 483 g/mol. The molecule has 34 heavy (non-hydrogen) atoms. The lowest BCUT2D eigenvalue weighted by Crippen LogP contribution is -2.36. The van der Waals surface area contributed by atoms with Gasteiger partial charge in [0.2, 0.25) is 0 Å². The molecule has 1 aliphatic carbocycles. The van der Waals surface area contributed by atoms with Crippen molar-refractivity contribution in [3.05, 3.63) is 68.7 Å². The highest BCUT2D eigenvalue weighted by atomic mass is 32.1. The summed E-state index contributed by atoms with van der Waals surface area (Å²) in [5.41, 5.74) is 3.13. The van der Waals surface area contributed by atoms with Crippen LogP contribution in [0.1, 0.15) is 49.0 Å². The van der Waals surface area contributed by atoms with Crippen molar-refractivity contribution >= 4 is 23.1 Å². The Labute approximate surface area is 203 Å². The quantitative estimate of drug-likeness (QED) is 0.424. The highest BCUT2D eigenvalue weighted by Gasteiger charge is 2.41. The average molecular weight is 484 g/mol. The average Bonchev–Trinajstić information content (AvgIpc) is 3.35. The Bertz CT molecular complexity index is 1130. The minimum absolute atomic E-state index is 0.00197. The van der Waals surface area contributed by atoms with Gasteiger partial charge in [0, 0.05) is 47.2 Å². The second kappa shape index (κ2) is 10.4. The van der Waals surface area contributed by atoms with E-state index >= 15 is 0 Å². The van der Waals surface area contributed by atoms with Gasteiger partial charge in [0.25, 0.3) is 0 Å². The molecule has 0 saturated heterocycles. The van der Waals surface area contributed by atoms with Gasteiger partial charge in [-0.05, 0) is 49.4 Å². The molecule has 8 heteroatoms. The van der Waals surface area contributed by atoms with E-state index in [2.05, 4.69) is 11.4 Å². The second-order valence-corrected chi connectivity index (χ2v) is 9.30. The molecule has 2 heterocycles. The van der Waals surface area contributed by atoms with Crippen molar-refractivity contribution in [2.75, 3.05) is 26.9 Å². The number of ether oxygens (including phenoxy) is 3. The molecule has 0 amide bonds. The van der Waals surface area contributed by atoms with Gasteiger partial charge >= 0.3 is 5.97 Å². The summed E-state index contributed by atoms with van der Waals surface area (Å²) in [7, 11) is 1.54. The molecule has 0 fully saturated rings. The summed E-state index contributed by atoms with van der Waals surface area (Å²) < 4.78 is 16.1. The van der Waals surface area contributed by atoms with E-state index in [1.165, 1.54) is 18.1 Å². The molecule has 1 aromatic carbocycles. The van der Waals surface area contributed by atoms with E-state index in [0.29, 0.717) is 47.6 Å². The number of Topliss-reactive ketones (excluding diaryl/α,β-unsaturated/α-hetero) is 1. The number of ketones is 1. The first kappa shape index (κ1) is 24.0. The highest BCUT2D eigenvalue weighted by Crippen LogP contribution is 2.47. The van der Waals surface area contributed by atoms with E-state index in [1.807, 2.05) is 25.3 Å². The van der Waals surface area contributed by atoms with Crippen LogP contribution in [0.25, 0.3) is 0 Å². The maximum atomic E-state index is 13.6. The minimum Gasteiger partial charge on any atom is -0.504 e. The first-order valence-electron chi connectivity index (χ1n) is 11.3. The Morgan fingerprint density at radius 3 is 2.76 bits per heavy atom. The lowest BCUT2D eigenvalue weighted by molar-refractivity contribution is -0.140. The van der Waals surface area contributed by atoms with Crippen molar-refractivity contribution in [2.24, 2.45) is 0 Å². The van der Waals surface area contributed by atoms with Gasteiger partial charge in [0.15, 0.2) is 17.3 Å². The lowest BCUT2D eigenvalue weighted by atomic mass is 9.72. The molecule has 180 valence electrons. The van der Waals surface area contributed by atoms with Crippen LogP contribution in [0.5, 0.6) is 11.5 Å². The van der Waals surface area contributed by atoms with Crippen LogP contribution in [0.2, 0.25) is 0 Å². The van der Waals surface area contributed by atoms with Crippen molar-refractivity contribution in [3.8, 4) is 11.5 Å². The Hall–Kier alpha value is -3.10. The zero-order valence-electron chi connectivity index (χ0n) is 19.6. The second-order valence-electron chi connectivity index (χ2n) is 8.32. The van der Waals surface area contributed by atoms with Crippen LogP contribution in [0, 0.1) is 0 Å². The number of thiophene rings is 1. The molecule has 2 aromatic rings. The Morgan fingerprint density at radius 2 is 2.06 bits per heavy atom. The molecule has 4 rings (SSSR count). The van der Waals surface area contributed by atoms with Crippen LogP contribution in [-0.2, 0) is 19.1 Å². The van der Waals surface area contributed by atoms with Gasteiger partial charge in [-0.25, -0.2) is 4.79 Å². The number of phenols is 1. The van der Waals surface area contributed by atoms with Crippen LogP contribution in [0.3, 0.4) is 0 Å². The topological polar surface area (TPSA) is 94.1 Å². The van der Waals surface area contributed by atoms with E-state index in [-0.39, 0.29) is 30.7 Å². The predicted octanol–water partition coefficient (Wildman–Crippen LogP) is 4.40. The number of phenolic OH excluding ortho intramolecular Hbond substituents is 1. The Kier molecular flexibility index (Phi) is 7.38. The number of nitrogens with one attached hydrogen (secondary N) is 1. The van der Waals surface area contributed by atoms with E-state index in [9.17, 15) is 14.7 Å². The van der Waals surface area contributed by atoms with Gasteiger partial charge in [0.05, 0.1) is 18.8 Å². The summed E-state index contributed by atoms with van der Waals surface area (Å²) in [4.78, 5) is 27.9. The molecule has 0 unspecified atom stereocenters. The van der Waals surface area contributed by atoms with Crippen LogP contribution in [-0.4, -0.2) is 43.8 Å². The molecule has 0 radical (unpaired) electrons. The van der Waals surface area contributed by atoms with Crippen molar-refractivity contribution in [3.63, 3.8) is 0 Å². The number of hydrogen-bond acceptors (Lipinski definition) is 8. The molecule has 7 nitrogen and oxygen atoms in total. The molecule has 2 aliphatic rings. The summed E-state index contributed by atoms with van der Waals surface area (Å²) in [6, 6.07) is 9.02. The van der Waals surface area contributed by atoms with E-state index in [1.54, 1.807) is 23.5 Å². The summed E-state index contributed by atoms with van der Waals surface area (Å²) in [5.74, 6) is -0.712. The van der Waals surface area contributed by atoms with Gasteiger partial charge in [-0.2, -0.15) is 0 Å². The number of hydrogen-bond donors (Lipinski definition) is 2. The molecule has 2 N–H and O–H groups in total. The third-order valence-electron chi connectivity index (χ3n) is 6.13. The van der Waals surface area contributed by atoms with Gasteiger partial charge in [-0.15, -0.1) is 11.3 Å². The SMILES string of the molecule is CCOc1cc([C@H]2C(C(=O)OCCOC)=C(C)NC3=C2C(=O)C[C@H](c2cccs2)C3)ccc1O. The maximum absolute atomic E-state index is 13.6. The minimum atomic E-state index is -0.622. The largest absolute Gasteiger partial charge is 0.504 e. The number of dihydropyridines is 1. The zero-order valence-corrected chi connectivity index (χ0v) is 20.4. The Balaban J connectivity index is 1.78. The van der Waals surface area contributed by atoms with Crippen LogP contribution in [0.15, 0.2) is 58.3 Å². The highest BCUT2D eigenvalue weighted by molar-refractivity contribution is 7.10. The third-order valence-corrected chi connectivity index (χ3v) is 7.17. The summed E-state index contributed by atoms with van der Waals surface area (Å²) in [5, 5.41) is 15.6. The smallest absolute Gasteiger partial charge is 0.336 e. The molecular formula is C26H29NO6S. The van der Waals surface area contributed by atoms with Crippen molar-refractivity contribution in [1.29, 1.82) is 0 Å².